The first-order valence-corrected chi connectivity index (χ1v) is 10.2. The van der Waals surface area contributed by atoms with Crippen LogP contribution in [0.3, 0.4) is 0 Å². The zero-order valence-corrected chi connectivity index (χ0v) is 15.7. The van der Waals surface area contributed by atoms with Gasteiger partial charge in [-0.1, -0.05) is 18.9 Å². The lowest BCUT2D eigenvalue weighted by Crippen LogP contribution is -2.48. The van der Waals surface area contributed by atoms with E-state index in [4.69, 9.17) is 9.47 Å². The molecule has 1 aromatic rings. The average molecular weight is 374 g/mol. The second kappa shape index (κ2) is 7.61. The van der Waals surface area contributed by atoms with Crippen molar-refractivity contribution in [3.63, 3.8) is 0 Å². The van der Waals surface area contributed by atoms with E-state index >= 15 is 0 Å². The number of rotatable bonds is 7. The summed E-state index contributed by atoms with van der Waals surface area (Å²) in [5.74, 6) is 0.321. The van der Waals surface area contributed by atoms with Gasteiger partial charge in [-0.3, -0.25) is 9.59 Å². The Kier molecular flexibility index (Phi) is 5.20. The number of esters is 1. The van der Waals surface area contributed by atoms with E-state index < -0.39 is 11.6 Å². The monoisotopic (exact) mass is 374 g/mol. The van der Waals surface area contributed by atoms with Crippen molar-refractivity contribution < 1.29 is 23.5 Å². The number of hydrogen-bond donors (Lipinski definition) is 0. The molecular weight excluding hydrogens is 347 g/mol. The molecule has 1 atom stereocenters. The fourth-order valence-corrected chi connectivity index (χ4v) is 4.54. The fraction of sp³-hybridized carbons (Fsp3) is 0.636. The van der Waals surface area contributed by atoms with Crippen LogP contribution in [0.4, 0.5) is 4.39 Å². The van der Waals surface area contributed by atoms with Crippen LogP contribution in [-0.4, -0.2) is 24.0 Å². The topological polar surface area (TPSA) is 52.6 Å². The summed E-state index contributed by atoms with van der Waals surface area (Å²) in [7, 11) is 0. The van der Waals surface area contributed by atoms with Crippen LogP contribution in [-0.2, 0) is 20.7 Å². The summed E-state index contributed by atoms with van der Waals surface area (Å²) in [6.45, 7) is 0.582. The van der Waals surface area contributed by atoms with Crippen molar-refractivity contribution >= 4 is 11.8 Å². The van der Waals surface area contributed by atoms with Gasteiger partial charge in [-0.15, -0.1) is 0 Å². The van der Waals surface area contributed by atoms with Gasteiger partial charge >= 0.3 is 5.97 Å². The second-order valence-electron chi connectivity index (χ2n) is 8.43. The average Bonchev–Trinajstić information content (AvgIpc) is 3.28. The largest absolute Gasteiger partial charge is 0.490 e. The van der Waals surface area contributed by atoms with Crippen LogP contribution in [0.15, 0.2) is 18.2 Å². The predicted octanol–water partition coefficient (Wildman–Crippen LogP) is 4.38. The molecule has 146 valence electrons. The van der Waals surface area contributed by atoms with Crippen molar-refractivity contribution in [3.8, 4) is 5.75 Å². The highest BCUT2D eigenvalue weighted by Crippen LogP contribution is 2.44. The first-order chi connectivity index (χ1) is 13.0. The van der Waals surface area contributed by atoms with Crippen molar-refractivity contribution in [1.82, 2.24) is 0 Å². The molecule has 1 aromatic carbocycles. The van der Waals surface area contributed by atoms with Gasteiger partial charge in [-0.05, 0) is 68.1 Å². The Morgan fingerprint density at radius 2 is 1.93 bits per heavy atom. The quantitative estimate of drug-likeness (QED) is 0.525. The van der Waals surface area contributed by atoms with Crippen LogP contribution in [0, 0.1) is 17.7 Å². The standard InChI is InChI=1S/C22H27FO4/c23-19-11-15(7-8-20(19)26-14-16-5-6-16)9-10-22(17-3-1-2-4-17)13-18(24)12-21(25)27-22/h7-8,11,16-17H,1-6,9-10,12-14H2. The molecule has 0 radical (unpaired) electrons. The molecule has 3 aliphatic rings. The minimum absolute atomic E-state index is 0.0341. The van der Waals surface area contributed by atoms with E-state index in [1.807, 2.05) is 6.07 Å². The van der Waals surface area contributed by atoms with Gasteiger partial charge in [0.15, 0.2) is 11.6 Å². The summed E-state index contributed by atoms with van der Waals surface area (Å²) >= 11 is 0. The third kappa shape index (κ3) is 4.33. The molecule has 1 aliphatic heterocycles. The molecule has 4 nitrogen and oxygen atoms in total. The molecule has 3 fully saturated rings. The third-order valence-corrected chi connectivity index (χ3v) is 6.26. The van der Waals surface area contributed by atoms with Crippen molar-refractivity contribution in [3.05, 3.63) is 29.6 Å². The van der Waals surface area contributed by atoms with Gasteiger partial charge < -0.3 is 9.47 Å². The highest BCUT2D eigenvalue weighted by Gasteiger charge is 2.47. The maximum Gasteiger partial charge on any atom is 0.313 e. The minimum Gasteiger partial charge on any atom is -0.490 e. The van der Waals surface area contributed by atoms with Crippen molar-refractivity contribution in [1.29, 1.82) is 0 Å². The van der Waals surface area contributed by atoms with Gasteiger partial charge in [0, 0.05) is 6.42 Å². The summed E-state index contributed by atoms with van der Waals surface area (Å²) in [4.78, 5) is 24.1. The number of benzene rings is 1. The molecule has 2 aliphatic carbocycles. The fourth-order valence-electron chi connectivity index (χ4n) is 4.54. The molecule has 2 saturated carbocycles. The predicted molar refractivity (Wildman–Crippen MR) is 98.0 cm³/mol. The van der Waals surface area contributed by atoms with Gasteiger partial charge in [0.05, 0.1) is 6.61 Å². The van der Waals surface area contributed by atoms with Crippen molar-refractivity contribution in [2.75, 3.05) is 6.61 Å². The van der Waals surface area contributed by atoms with Gasteiger partial charge in [-0.25, -0.2) is 4.39 Å². The van der Waals surface area contributed by atoms with E-state index in [9.17, 15) is 14.0 Å². The Morgan fingerprint density at radius 1 is 1.15 bits per heavy atom. The van der Waals surface area contributed by atoms with Gasteiger partial charge in [0.25, 0.3) is 0 Å². The lowest BCUT2D eigenvalue weighted by atomic mass is 9.76. The van der Waals surface area contributed by atoms with Gasteiger partial charge in [-0.2, -0.15) is 0 Å². The molecule has 0 spiro atoms. The van der Waals surface area contributed by atoms with Crippen LogP contribution < -0.4 is 4.74 Å². The summed E-state index contributed by atoms with van der Waals surface area (Å²) < 4.78 is 25.7. The number of aryl methyl sites for hydroxylation is 1. The summed E-state index contributed by atoms with van der Waals surface area (Å²) in [5, 5.41) is 0. The number of carbonyl (C=O) groups is 2. The van der Waals surface area contributed by atoms with E-state index in [-0.39, 0.29) is 23.9 Å². The molecule has 0 bridgehead atoms. The van der Waals surface area contributed by atoms with E-state index in [2.05, 4.69) is 0 Å². The zero-order chi connectivity index (χ0) is 18.9. The number of halogens is 1. The number of carbonyl (C=O) groups excluding carboxylic acids is 2. The summed E-state index contributed by atoms with van der Waals surface area (Å²) in [6, 6.07) is 5.07. The first-order valence-electron chi connectivity index (χ1n) is 10.2. The van der Waals surface area contributed by atoms with Crippen LogP contribution in [0.25, 0.3) is 0 Å². The minimum atomic E-state index is -0.708. The van der Waals surface area contributed by atoms with Crippen LogP contribution >= 0.6 is 0 Å². The van der Waals surface area contributed by atoms with E-state index in [0.29, 0.717) is 37.5 Å². The maximum absolute atomic E-state index is 14.3. The van der Waals surface area contributed by atoms with E-state index in [1.54, 1.807) is 6.07 Å². The number of ketones is 1. The maximum atomic E-state index is 14.3. The molecule has 1 unspecified atom stereocenters. The molecular formula is C22H27FO4. The lowest BCUT2D eigenvalue weighted by molar-refractivity contribution is -0.178. The zero-order valence-electron chi connectivity index (χ0n) is 15.7. The molecule has 27 heavy (non-hydrogen) atoms. The number of ether oxygens (including phenoxy) is 2. The Labute approximate surface area is 159 Å². The van der Waals surface area contributed by atoms with Gasteiger partial charge in [0.2, 0.25) is 0 Å². The molecule has 0 amide bonds. The molecule has 0 N–H and O–H groups in total. The summed E-state index contributed by atoms with van der Waals surface area (Å²) in [5.41, 5.74) is 0.137. The highest BCUT2D eigenvalue weighted by atomic mass is 19.1. The first kappa shape index (κ1) is 18.5. The lowest BCUT2D eigenvalue weighted by Gasteiger charge is -2.41. The number of Topliss-reactive ketones (excluding diaryl/α,β-unsaturated/α-hetero) is 1. The van der Waals surface area contributed by atoms with E-state index in [0.717, 1.165) is 31.2 Å². The van der Waals surface area contributed by atoms with E-state index in [1.165, 1.54) is 18.9 Å². The third-order valence-electron chi connectivity index (χ3n) is 6.26. The number of cyclic esters (lactones) is 1. The second-order valence-corrected chi connectivity index (χ2v) is 8.43. The van der Waals surface area contributed by atoms with Crippen LogP contribution in [0.2, 0.25) is 0 Å². The normalized spacial score (nSPS) is 26.3. The van der Waals surface area contributed by atoms with Crippen LogP contribution in [0.5, 0.6) is 5.75 Å². The molecule has 1 heterocycles. The SMILES string of the molecule is O=C1CC(=O)OC(CCc2ccc(OCC3CC3)c(F)c2)(C2CCCC2)C1. The Hall–Kier alpha value is -1.91. The highest BCUT2D eigenvalue weighted by molar-refractivity contribution is 5.98. The van der Waals surface area contributed by atoms with Crippen molar-refractivity contribution in [2.24, 2.45) is 11.8 Å². The Morgan fingerprint density at radius 3 is 2.59 bits per heavy atom. The molecule has 0 aromatic heterocycles. The van der Waals surface area contributed by atoms with Crippen LogP contribution in [0.1, 0.15) is 63.4 Å². The Balaban J connectivity index is 1.44. The summed E-state index contributed by atoms with van der Waals surface area (Å²) in [6.07, 6.45) is 7.87. The smallest absolute Gasteiger partial charge is 0.313 e. The molecule has 5 heteroatoms. The molecule has 4 rings (SSSR count). The van der Waals surface area contributed by atoms with Crippen molar-refractivity contribution in [2.45, 2.75) is 69.8 Å². The molecule has 1 saturated heterocycles. The Bertz CT molecular complexity index is 703. The number of hydrogen-bond acceptors (Lipinski definition) is 4. The van der Waals surface area contributed by atoms with Gasteiger partial charge in [0.1, 0.15) is 17.8 Å².